The molecule has 2 nitrogen and oxygen atoms in total. The first-order valence-corrected chi connectivity index (χ1v) is 5.23. The van der Waals surface area contributed by atoms with Crippen LogP contribution in [-0.4, -0.2) is 13.7 Å². The number of esters is 1. The van der Waals surface area contributed by atoms with Gasteiger partial charge in [0.2, 0.25) is 5.56 Å². The van der Waals surface area contributed by atoms with Crippen LogP contribution in [0.2, 0.25) is 0 Å². The number of hydrogen-bond donors (Lipinski definition) is 0. The third-order valence-electron chi connectivity index (χ3n) is 0.644. The first-order chi connectivity index (χ1) is 4.88. The van der Waals surface area contributed by atoms with Gasteiger partial charge in [-0.3, -0.25) is 0 Å². The maximum Gasteiger partial charge on any atom is 0.331 e. The number of carbonyl (C=O) groups is 1. The number of halogens is 4. The normalized spacial score (nSPS) is 13.8. The van der Waals surface area contributed by atoms with Crippen molar-refractivity contribution in [2.24, 2.45) is 0 Å². The topological polar surface area (TPSA) is 26.3 Å². The standard InChI is InChI=1S/C5H4Br3ClO2/c1-2-3(10)11-4(9)5(6,7)8/h2,4H,1H2. The average Bonchev–Trinajstić information content (AvgIpc) is 1.85. The molecule has 0 aromatic heterocycles. The molecule has 0 N–H and O–H groups in total. The highest BCUT2D eigenvalue weighted by Crippen LogP contribution is 2.40. The zero-order valence-electron chi connectivity index (χ0n) is 5.19. The molecule has 0 aromatic rings. The lowest BCUT2D eigenvalue weighted by Crippen LogP contribution is -2.23. The van der Waals surface area contributed by atoms with E-state index in [9.17, 15) is 4.79 Å². The van der Waals surface area contributed by atoms with Crippen molar-refractivity contribution in [1.82, 2.24) is 0 Å². The maximum absolute atomic E-state index is 10.6. The molecule has 11 heavy (non-hydrogen) atoms. The third-order valence-corrected chi connectivity index (χ3v) is 3.10. The molecule has 0 heterocycles. The highest BCUT2D eigenvalue weighted by molar-refractivity contribution is 9.39. The largest absolute Gasteiger partial charge is 0.439 e. The molecule has 0 saturated carbocycles. The van der Waals surface area contributed by atoms with E-state index in [4.69, 9.17) is 11.6 Å². The van der Waals surface area contributed by atoms with Crippen molar-refractivity contribution in [3.05, 3.63) is 12.7 Å². The molecular weight excluding hydrogens is 367 g/mol. The molecule has 64 valence electrons. The van der Waals surface area contributed by atoms with Gasteiger partial charge in [0, 0.05) is 6.08 Å². The lowest BCUT2D eigenvalue weighted by atomic mass is 10.6. The summed E-state index contributed by atoms with van der Waals surface area (Å²) in [5, 5.41) is 0. The van der Waals surface area contributed by atoms with Crippen LogP contribution in [-0.2, 0) is 9.53 Å². The van der Waals surface area contributed by atoms with Gasteiger partial charge in [-0.15, -0.1) is 0 Å². The molecule has 0 saturated heterocycles. The molecule has 0 aliphatic carbocycles. The fourth-order valence-electron chi connectivity index (χ4n) is 0.217. The Bertz CT molecular complexity index is 166. The molecule has 0 amide bonds. The molecule has 1 unspecified atom stereocenters. The summed E-state index contributed by atoms with van der Waals surface area (Å²) in [6.45, 7) is 3.22. The molecule has 1 atom stereocenters. The van der Waals surface area contributed by atoms with E-state index >= 15 is 0 Å². The fraction of sp³-hybridized carbons (Fsp3) is 0.400. The van der Waals surface area contributed by atoms with Gasteiger partial charge in [-0.25, -0.2) is 4.79 Å². The van der Waals surface area contributed by atoms with Gasteiger partial charge in [-0.1, -0.05) is 66.0 Å². The number of ether oxygens (including phenoxy) is 1. The van der Waals surface area contributed by atoms with Crippen LogP contribution in [0.25, 0.3) is 0 Å². The van der Waals surface area contributed by atoms with Crippen LogP contribution in [0.1, 0.15) is 0 Å². The van der Waals surface area contributed by atoms with Crippen LogP contribution in [0.4, 0.5) is 0 Å². The van der Waals surface area contributed by atoms with E-state index < -0.39 is 13.7 Å². The van der Waals surface area contributed by atoms with Crippen molar-refractivity contribution in [2.45, 2.75) is 7.71 Å². The fourth-order valence-corrected chi connectivity index (χ4v) is 0.585. The summed E-state index contributed by atoms with van der Waals surface area (Å²) in [7, 11) is 0. The first kappa shape index (κ1) is 11.9. The highest BCUT2D eigenvalue weighted by Gasteiger charge is 2.31. The number of alkyl halides is 4. The van der Waals surface area contributed by atoms with Crippen molar-refractivity contribution in [3.8, 4) is 0 Å². The van der Waals surface area contributed by atoms with Gasteiger partial charge >= 0.3 is 5.97 Å². The molecule has 0 fully saturated rings. The Hall–Kier alpha value is 0.940. The minimum atomic E-state index is -0.854. The van der Waals surface area contributed by atoms with E-state index in [2.05, 4.69) is 59.1 Å². The minimum Gasteiger partial charge on any atom is -0.439 e. The van der Waals surface area contributed by atoms with Crippen LogP contribution < -0.4 is 0 Å². The Kier molecular flexibility index (Phi) is 5.26. The summed E-state index contributed by atoms with van der Waals surface area (Å²) in [5.41, 5.74) is -0.854. The van der Waals surface area contributed by atoms with E-state index in [1.165, 1.54) is 0 Å². The summed E-state index contributed by atoms with van der Waals surface area (Å²) < 4.78 is 3.83. The van der Waals surface area contributed by atoms with Crippen molar-refractivity contribution in [1.29, 1.82) is 0 Å². The summed E-state index contributed by atoms with van der Waals surface area (Å²) in [6.07, 6.45) is 1.04. The van der Waals surface area contributed by atoms with Crippen molar-refractivity contribution < 1.29 is 9.53 Å². The molecule has 0 radical (unpaired) electrons. The van der Waals surface area contributed by atoms with Crippen LogP contribution in [0.15, 0.2) is 12.7 Å². The van der Waals surface area contributed by atoms with Crippen LogP contribution >= 0.6 is 59.4 Å². The molecular formula is C5H4Br3ClO2. The van der Waals surface area contributed by atoms with Crippen molar-refractivity contribution in [2.75, 3.05) is 0 Å². The van der Waals surface area contributed by atoms with E-state index in [0.29, 0.717) is 0 Å². The second-order valence-electron chi connectivity index (χ2n) is 1.50. The number of hydrogen-bond acceptors (Lipinski definition) is 2. The van der Waals surface area contributed by atoms with Crippen LogP contribution in [0.3, 0.4) is 0 Å². The summed E-state index contributed by atoms with van der Waals surface area (Å²) >= 11 is 14.9. The van der Waals surface area contributed by atoms with Gasteiger partial charge in [0.15, 0.2) is 2.14 Å². The number of rotatable bonds is 2. The second kappa shape index (κ2) is 4.84. The molecule has 0 rings (SSSR count). The lowest BCUT2D eigenvalue weighted by molar-refractivity contribution is -0.139. The van der Waals surface area contributed by atoms with E-state index in [0.717, 1.165) is 6.08 Å². The van der Waals surface area contributed by atoms with Gasteiger partial charge < -0.3 is 4.74 Å². The van der Waals surface area contributed by atoms with E-state index in [-0.39, 0.29) is 0 Å². The van der Waals surface area contributed by atoms with Crippen molar-refractivity contribution in [3.63, 3.8) is 0 Å². The summed E-state index contributed by atoms with van der Waals surface area (Å²) in [5.74, 6) is -0.576. The van der Waals surface area contributed by atoms with Crippen LogP contribution in [0, 0.1) is 0 Å². The first-order valence-electron chi connectivity index (χ1n) is 2.41. The molecule has 0 aromatic carbocycles. The smallest absolute Gasteiger partial charge is 0.331 e. The molecule has 6 heteroatoms. The Labute approximate surface area is 94.7 Å². The molecule has 0 aliphatic rings. The maximum atomic E-state index is 10.6. The van der Waals surface area contributed by atoms with E-state index in [1.54, 1.807) is 0 Å². The van der Waals surface area contributed by atoms with Crippen LogP contribution in [0.5, 0.6) is 0 Å². The van der Waals surface area contributed by atoms with Gasteiger partial charge in [0.1, 0.15) is 0 Å². The Morgan fingerprint density at radius 2 is 2.09 bits per heavy atom. The summed E-state index contributed by atoms with van der Waals surface area (Å²) in [6, 6.07) is 0. The Morgan fingerprint density at radius 3 is 2.36 bits per heavy atom. The van der Waals surface area contributed by atoms with Crippen molar-refractivity contribution >= 4 is 65.4 Å². The van der Waals surface area contributed by atoms with Gasteiger partial charge in [-0.2, -0.15) is 0 Å². The van der Waals surface area contributed by atoms with Gasteiger partial charge in [0.25, 0.3) is 0 Å². The van der Waals surface area contributed by atoms with Gasteiger partial charge in [-0.05, 0) is 0 Å². The second-order valence-corrected chi connectivity index (χ2v) is 8.84. The quantitative estimate of drug-likeness (QED) is 0.424. The monoisotopic (exact) mass is 368 g/mol. The SMILES string of the molecule is C=CC(=O)OC(Cl)C(Br)(Br)Br. The summed E-state index contributed by atoms with van der Waals surface area (Å²) in [4.78, 5) is 10.6. The number of carbonyl (C=O) groups excluding carboxylic acids is 1. The predicted molar refractivity (Wildman–Crippen MR) is 55.4 cm³/mol. The van der Waals surface area contributed by atoms with Gasteiger partial charge in [0.05, 0.1) is 0 Å². The highest BCUT2D eigenvalue weighted by atomic mass is 80.0. The zero-order chi connectivity index (χ0) is 9.07. The molecule has 0 bridgehead atoms. The molecule has 0 spiro atoms. The molecule has 0 aliphatic heterocycles. The van der Waals surface area contributed by atoms with E-state index in [1.807, 2.05) is 0 Å². The predicted octanol–water partition coefficient (Wildman–Crippen LogP) is 3.12. The Balaban J connectivity index is 3.97. The third kappa shape index (κ3) is 5.22. The average molecular weight is 371 g/mol. The Morgan fingerprint density at radius 1 is 1.64 bits per heavy atom. The lowest BCUT2D eigenvalue weighted by Gasteiger charge is -2.18. The minimum absolute atomic E-state index is 0.576. The zero-order valence-corrected chi connectivity index (χ0v) is 10.7.